The lowest BCUT2D eigenvalue weighted by molar-refractivity contribution is -0.154. The van der Waals surface area contributed by atoms with E-state index in [4.69, 9.17) is 14.2 Å². The van der Waals surface area contributed by atoms with Crippen LogP contribution in [0.25, 0.3) is 0 Å². The van der Waals surface area contributed by atoms with Crippen molar-refractivity contribution in [3.05, 3.63) is 0 Å². The van der Waals surface area contributed by atoms with Crippen LogP contribution >= 0.6 is 0 Å². The summed E-state index contributed by atoms with van der Waals surface area (Å²) in [7, 11) is 0. The minimum atomic E-state index is -0.238. The molecule has 4 nitrogen and oxygen atoms in total. The van der Waals surface area contributed by atoms with Gasteiger partial charge in [-0.2, -0.15) is 0 Å². The molecule has 0 aromatic heterocycles. The van der Waals surface area contributed by atoms with Gasteiger partial charge < -0.3 is 14.2 Å². The Morgan fingerprint density at radius 1 is 1.44 bits per heavy atom. The molecule has 5 unspecified atom stereocenters. The topological polar surface area (TPSA) is 51.4 Å². The second-order valence-corrected chi connectivity index (χ2v) is 5.42. The van der Waals surface area contributed by atoms with Crippen LogP contribution in [0, 0.1) is 5.92 Å². The number of esters is 1. The summed E-state index contributed by atoms with van der Waals surface area (Å²) in [5, 5.41) is 0. The maximum Gasteiger partial charge on any atom is 0.303 e. The second-order valence-electron chi connectivity index (χ2n) is 5.42. The highest BCUT2D eigenvalue weighted by atomic mass is 16.6. The molecule has 16 heavy (non-hydrogen) atoms. The smallest absolute Gasteiger partial charge is 0.303 e. The van der Waals surface area contributed by atoms with Crippen molar-refractivity contribution >= 4 is 5.97 Å². The van der Waals surface area contributed by atoms with Gasteiger partial charge in [-0.15, -0.1) is 0 Å². The molecule has 4 heteroatoms. The number of carbonyl (C=O) groups excluding carboxylic acids is 1. The quantitative estimate of drug-likeness (QED) is 0.537. The van der Waals surface area contributed by atoms with Gasteiger partial charge >= 0.3 is 5.97 Å². The lowest BCUT2D eigenvalue weighted by Crippen LogP contribution is -2.40. The summed E-state index contributed by atoms with van der Waals surface area (Å²) in [4.78, 5) is 11.2. The van der Waals surface area contributed by atoms with E-state index < -0.39 is 0 Å². The molecule has 0 amide bonds. The average Bonchev–Trinajstić information content (AvgIpc) is 3.09. The normalized spacial score (nSPS) is 46.8. The third kappa shape index (κ3) is 1.84. The Bertz CT molecular complexity index is 310. The molecular weight excluding hydrogens is 208 g/mol. The SMILES string of the molecule is CC(=O)OC(C1CCC2OC2C1)C1(C)CO1. The van der Waals surface area contributed by atoms with E-state index in [2.05, 4.69) is 0 Å². The minimum absolute atomic E-state index is 0.0878. The fourth-order valence-corrected chi connectivity index (χ4v) is 2.89. The zero-order chi connectivity index (χ0) is 11.3. The maximum absolute atomic E-state index is 11.2. The first-order valence-electron chi connectivity index (χ1n) is 6.05. The number of hydrogen-bond acceptors (Lipinski definition) is 4. The number of carbonyl (C=O) groups is 1. The molecule has 0 spiro atoms. The van der Waals surface area contributed by atoms with Crippen LogP contribution in [-0.4, -0.2) is 36.5 Å². The molecule has 0 radical (unpaired) electrons. The third-order valence-corrected chi connectivity index (χ3v) is 3.97. The van der Waals surface area contributed by atoms with Gasteiger partial charge in [0, 0.05) is 12.8 Å². The number of hydrogen-bond donors (Lipinski definition) is 0. The van der Waals surface area contributed by atoms with E-state index in [9.17, 15) is 4.79 Å². The zero-order valence-electron chi connectivity index (χ0n) is 9.77. The molecule has 90 valence electrons. The molecular formula is C12H18O4. The largest absolute Gasteiger partial charge is 0.459 e. The molecule has 2 saturated heterocycles. The summed E-state index contributed by atoms with van der Waals surface area (Å²) in [6, 6.07) is 0. The van der Waals surface area contributed by atoms with Crippen molar-refractivity contribution in [3.63, 3.8) is 0 Å². The molecule has 2 aliphatic heterocycles. The Balaban J connectivity index is 1.69. The Kier molecular flexibility index (Phi) is 2.27. The van der Waals surface area contributed by atoms with Gasteiger partial charge in [-0.1, -0.05) is 0 Å². The predicted molar refractivity (Wildman–Crippen MR) is 55.9 cm³/mol. The fraction of sp³-hybridized carbons (Fsp3) is 0.917. The van der Waals surface area contributed by atoms with Crippen LogP contribution in [-0.2, 0) is 19.0 Å². The van der Waals surface area contributed by atoms with E-state index in [0.29, 0.717) is 24.7 Å². The Labute approximate surface area is 95.2 Å². The third-order valence-electron chi connectivity index (χ3n) is 3.97. The van der Waals surface area contributed by atoms with E-state index in [-0.39, 0.29) is 17.7 Å². The van der Waals surface area contributed by atoms with Crippen molar-refractivity contribution in [2.75, 3.05) is 6.61 Å². The average molecular weight is 226 g/mol. The van der Waals surface area contributed by atoms with E-state index in [1.54, 1.807) is 0 Å². The minimum Gasteiger partial charge on any atom is -0.459 e. The zero-order valence-corrected chi connectivity index (χ0v) is 9.77. The summed E-state index contributed by atoms with van der Waals surface area (Å²) in [6.45, 7) is 4.20. The van der Waals surface area contributed by atoms with Gasteiger partial charge in [0.2, 0.25) is 0 Å². The van der Waals surface area contributed by atoms with Crippen LogP contribution in [0.1, 0.15) is 33.1 Å². The molecule has 1 saturated carbocycles. The number of epoxide rings is 2. The van der Waals surface area contributed by atoms with Crippen LogP contribution in [0.15, 0.2) is 0 Å². The standard InChI is InChI=1S/C12H18O4/c1-7(13)15-11(12(2)6-14-12)8-3-4-9-10(5-8)16-9/h8-11H,3-6H2,1-2H3. The van der Waals surface area contributed by atoms with Crippen LogP contribution in [0.5, 0.6) is 0 Å². The lowest BCUT2D eigenvalue weighted by Gasteiger charge is -2.30. The maximum atomic E-state index is 11.2. The molecule has 0 bridgehead atoms. The number of ether oxygens (including phenoxy) is 3. The first-order chi connectivity index (χ1) is 7.58. The van der Waals surface area contributed by atoms with Crippen LogP contribution in [0.4, 0.5) is 0 Å². The number of fused-ring (bicyclic) bond motifs is 1. The summed E-state index contributed by atoms with van der Waals surface area (Å²) in [5.41, 5.74) is -0.238. The van der Waals surface area contributed by atoms with Crippen molar-refractivity contribution in [2.24, 2.45) is 5.92 Å². The molecule has 3 rings (SSSR count). The van der Waals surface area contributed by atoms with E-state index in [1.165, 1.54) is 6.92 Å². The van der Waals surface area contributed by atoms with Crippen LogP contribution < -0.4 is 0 Å². The van der Waals surface area contributed by atoms with Gasteiger partial charge in [-0.3, -0.25) is 4.79 Å². The van der Waals surface area contributed by atoms with Gasteiger partial charge in [-0.05, 0) is 26.2 Å². The van der Waals surface area contributed by atoms with Crippen LogP contribution in [0.3, 0.4) is 0 Å². The molecule has 3 fully saturated rings. The van der Waals surface area contributed by atoms with Gasteiger partial charge in [0.05, 0.1) is 18.8 Å². The van der Waals surface area contributed by atoms with Crippen molar-refractivity contribution in [2.45, 2.75) is 57.0 Å². The predicted octanol–water partition coefficient (Wildman–Crippen LogP) is 1.27. The fourth-order valence-electron chi connectivity index (χ4n) is 2.89. The van der Waals surface area contributed by atoms with Crippen molar-refractivity contribution in [1.82, 2.24) is 0 Å². The Morgan fingerprint density at radius 2 is 2.19 bits per heavy atom. The molecule has 0 aromatic carbocycles. The van der Waals surface area contributed by atoms with E-state index in [1.807, 2.05) is 6.92 Å². The van der Waals surface area contributed by atoms with E-state index >= 15 is 0 Å². The highest BCUT2D eigenvalue weighted by Crippen LogP contribution is 2.46. The van der Waals surface area contributed by atoms with Gasteiger partial charge in [0.1, 0.15) is 11.7 Å². The molecule has 0 N–H and O–H groups in total. The first kappa shape index (κ1) is 10.5. The molecule has 2 heterocycles. The summed E-state index contributed by atoms with van der Waals surface area (Å²) in [5.74, 6) is 0.195. The van der Waals surface area contributed by atoms with Gasteiger partial charge in [0.15, 0.2) is 0 Å². The van der Waals surface area contributed by atoms with E-state index in [0.717, 1.165) is 19.3 Å². The van der Waals surface area contributed by atoms with Crippen molar-refractivity contribution < 1.29 is 19.0 Å². The van der Waals surface area contributed by atoms with Crippen molar-refractivity contribution in [1.29, 1.82) is 0 Å². The summed E-state index contributed by atoms with van der Waals surface area (Å²) < 4.78 is 16.4. The highest BCUT2D eigenvalue weighted by molar-refractivity contribution is 5.66. The molecule has 0 aromatic rings. The Morgan fingerprint density at radius 3 is 2.75 bits per heavy atom. The van der Waals surface area contributed by atoms with Crippen LogP contribution in [0.2, 0.25) is 0 Å². The highest BCUT2D eigenvalue weighted by Gasteiger charge is 2.56. The molecule has 5 atom stereocenters. The monoisotopic (exact) mass is 226 g/mol. The molecule has 1 aliphatic carbocycles. The molecule has 3 aliphatic rings. The first-order valence-corrected chi connectivity index (χ1v) is 6.05. The van der Waals surface area contributed by atoms with Gasteiger partial charge in [-0.25, -0.2) is 0 Å². The Hall–Kier alpha value is -0.610. The number of rotatable bonds is 3. The van der Waals surface area contributed by atoms with Crippen molar-refractivity contribution in [3.8, 4) is 0 Å². The lowest BCUT2D eigenvalue weighted by atomic mass is 9.81. The summed E-state index contributed by atoms with van der Waals surface area (Å²) in [6.07, 6.45) is 4.01. The summed E-state index contributed by atoms with van der Waals surface area (Å²) >= 11 is 0. The second kappa shape index (κ2) is 3.44. The van der Waals surface area contributed by atoms with Gasteiger partial charge in [0.25, 0.3) is 0 Å².